The number of imidazole rings is 1. The van der Waals surface area contributed by atoms with Gasteiger partial charge in [0.2, 0.25) is 0 Å². The van der Waals surface area contributed by atoms with Crippen LogP contribution in [-0.2, 0) is 13.0 Å². The molecule has 4 rings (SSSR count). The largest absolute Gasteiger partial charge is 0.384 e. The molecule has 1 atom stereocenters. The molecule has 3 heterocycles. The van der Waals surface area contributed by atoms with Gasteiger partial charge in [-0.3, -0.25) is 4.79 Å². The predicted molar refractivity (Wildman–Crippen MR) is 98.8 cm³/mol. The number of carbonyl (C=O) groups excluding carboxylic acids is 1. The van der Waals surface area contributed by atoms with Crippen LogP contribution >= 0.6 is 0 Å². The molecule has 0 radical (unpaired) electrons. The summed E-state index contributed by atoms with van der Waals surface area (Å²) in [6.45, 7) is 5.64. The molecular weight excluding hydrogens is 312 g/mol. The molecule has 1 saturated heterocycles. The number of carbonyl (C=O) groups is 1. The van der Waals surface area contributed by atoms with Gasteiger partial charge in [-0.1, -0.05) is 12.1 Å². The zero-order valence-electron chi connectivity index (χ0n) is 14.9. The van der Waals surface area contributed by atoms with Crippen LogP contribution in [0.5, 0.6) is 0 Å². The molecule has 0 spiro atoms. The number of hydrogen-bond donors (Lipinski definition) is 1. The fourth-order valence-corrected chi connectivity index (χ4v) is 4.13. The van der Waals surface area contributed by atoms with Crippen LogP contribution < -0.4 is 5.32 Å². The van der Waals surface area contributed by atoms with Gasteiger partial charge in [0.05, 0.1) is 11.3 Å². The zero-order chi connectivity index (χ0) is 17.2. The predicted octanol–water partition coefficient (Wildman–Crippen LogP) is 3.10. The number of fused-ring (bicyclic) bond motifs is 1. The van der Waals surface area contributed by atoms with Crippen LogP contribution in [0.2, 0.25) is 0 Å². The second-order valence-electron chi connectivity index (χ2n) is 7.26. The Morgan fingerprint density at radius 3 is 3.12 bits per heavy atom. The highest BCUT2D eigenvalue weighted by atomic mass is 16.2. The molecule has 132 valence electrons. The summed E-state index contributed by atoms with van der Waals surface area (Å²) in [4.78, 5) is 19.5. The normalized spacial score (nSPS) is 20.0. The molecule has 2 aliphatic heterocycles. The molecule has 1 N–H and O–H groups in total. The minimum Gasteiger partial charge on any atom is -0.384 e. The second kappa shape index (κ2) is 6.90. The van der Waals surface area contributed by atoms with E-state index in [1.165, 1.54) is 12.0 Å². The number of aromatic nitrogens is 2. The lowest BCUT2D eigenvalue weighted by molar-refractivity contribution is 0.0663. The molecule has 0 unspecified atom stereocenters. The Kier molecular flexibility index (Phi) is 4.47. The van der Waals surface area contributed by atoms with Crippen LogP contribution in [0.15, 0.2) is 30.6 Å². The molecule has 0 bridgehead atoms. The first-order valence-electron chi connectivity index (χ1n) is 9.35. The van der Waals surface area contributed by atoms with Crippen molar-refractivity contribution in [2.75, 3.05) is 25.0 Å². The standard InChI is InChI=1S/C20H26N4O/c1-15-21-10-12-23(15)13-16-5-4-11-24(14-16)20(25)18-8-2-6-17-7-3-9-22-19(17)18/h2,6,8,10,12,16,22H,3-5,7,9,11,13-14H2,1H3/t16-/m1/s1. The van der Waals surface area contributed by atoms with Gasteiger partial charge in [0.1, 0.15) is 5.82 Å². The highest BCUT2D eigenvalue weighted by molar-refractivity contribution is 6.00. The molecule has 1 amide bonds. The van der Waals surface area contributed by atoms with Gasteiger partial charge in [-0.15, -0.1) is 0 Å². The maximum atomic E-state index is 13.2. The van der Waals surface area contributed by atoms with Crippen molar-refractivity contribution in [3.05, 3.63) is 47.5 Å². The van der Waals surface area contributed by atoms with Crippen LogP contribution in [0.25, 0.3) is 0 Å². The van der Waals surface area contributed by atoms with Crippen molar-refractivity contribution in [2.45, 2.75) is 39.2 Å². The molecule has 0 aliphatic carbocycles. The average Bonchev–Trinajstić information content (AvgIpc) is 3.05. The molecule has 5 nitrogen and oxygen atoms in total. The first kappa shape index (κ1) is 16.2. The Morgan fingerprint density at radius 2 is 2.28 bits per heavy atom. The average molecular weight is 338 g/mol. The van der Waals surface area contributed by atoms with Crippen molar-refractivity contribution in [3.63, 3.8) is 0 Å². The van der Waals surface area contributed by atoms with Gasteiger partial charge in [0.15, 0.2) is 0 Å². The Morgan fingerprint density at radius 1 is 1.36 bits per heavy atom. The topological polar surface area (TPSA) is 50.2 Å². The number of nitrogens with zero attached hydrogens (tertiary/aromatic N) is 3. The second-order valence-corrected chi connectivity index (χ2v) is 7.26. The fourth-order valence-electron chi connectivity index (χ4n) is 4.13. The quantitative estimate of drug-likeness (QED) is 0.935. The van der Waals surface area contributed by atoms with Crippen LogP contribution in [0.1, 0.15) is 41.0 Å². The Hall–Kier alpha value is -2.30. The third-order valence-corrected chi connectivity index (χ3v) is 5.49. The number of nitrogens with one attached hydrogen (secondary N) is 1. The van der Waals surface area contributed by atoms with Gasteiger partial charge in [-0.05, 0) is 50.2 Å². The summed E-state index contributed by atoms with van der Waals surface area (Å²) in [6, 6.07) is 6.14. The number of piperidine rings is 1. The number of aryl methyl sites for hydroxylation is 2. The minimum absolute atomic E-state index is 0.179. The molecule has 25 heavy (non-hydrogen) atoms. The number of benzene rings is 1. The summed E-state index contributed by atoms with van der Waals surface area (Å²) < 4.78 is 2.20. The van der Waals surface area contributed by atoms with Crippen LogP contribution in [-0.4, -0.2) is 40.0 Å². The van der Waals surface area contributed by atoms with Gasteiger partial charge in [-0.25, -0.2) is 4.98 Å². The van der Waals surface area contributed by atoms with Crippen molar-refractivity contribution >= 4 is 11.6 Å². The minimum atomic E-state index is 0.179. The number of amides is 1. The maximum Gasteiger partial charge on any atom is 0.255 e. The molecule has 0 saturated carbocycles. The molecule has 1 aromatic carbocycles. The monoisotopic (exact) mass is 338 g/mol. The van der Waals surface area contributed by atoms with Gasteiger partial charge in [0.25, 0.3) is 5.91 Å². The van der Waals surface area contributed by atoms with Crippen LogP contribution in [0, 0.1) is 12.8 Å². The number of rotatable bonds is 3. The molecule has 1 aromatic heterocycles. The van der Waals surface area contributed by atoms with Crippen molar-refractivity contribution in [1.29, 1.82) is 0 Å². The first-order valence-corrected chi connectivity index (χ1v) is 9.35. The summed E-state index contributed by atoms with van der Waals surface area (Å²) >= 11 is 0. The van der Waals surface area contributed by atoms with Gasteiger partial charge >= 0.3 is 0 Å². The summed E-state index contributed by atoms with van der Waals surface area (Å²) in [5.74, 6) is 1.72. The van der Waals surface area contributed by atoms with E-state index in [0.717, 1.165) is 62.5 Å². The number of anilines is 1. The summed E-state index contributed by atoms with van der Waals surface area (Å²) in [5.41, 5.74) is 3.18. The van der Waals surface area contributed by atoms with E-state index in [0.29, 0.717) is 5.92 Å². The van der Waals surface area contributed by atoms with E-state index in [2.05, 4.69) is 20.9 Å². The summed E-state index contributed by atoms with van der Waals surface area (Å²) in [7, 11) is 0. The molecule has 2 aromatic rings. The van der Waals surface area contributed by atoms with Crippen LogP contribution in [0.3, 0.4) is 0 Å². The molecule has 2 aliphatic rings. The number of hydrogen-bond acceptors (Lipinski definition) is 3. The zero-order valence-corrected chi connectivity index (χ0v) is 14.9. The van der Waals surface area contributed by atoms with E-state index in [-0.39, 0.29) is 5.91 Å². The van der Waals surface area contributed by atoms with E-state index >= 15 is 0 Å². The van der Waals surface area contributed by atoms with Crippen molar-refractivity contribution in [3.8, 4) is 0 Å². The van der Waals surface area contributed by atoms with Gasteiger partial charge < -0.3 is 14.8 Å². The third kappa shape index (κ3) is 3.28. The SMILES string of the molecule is Cc1nccn1C[C@H]1CCCN(C(=O)c2cccc3c2NCCC3)C1. The first-order chi connectivity index (χ1) is 12.2. The lowest BCUT2D eigenvalue weighted by Gasteiger charge is -2.34. The van der Waals surface area contributed by atoms with E-state index in [1.807, 2.05) is 36.4 Å². The molecular formula is C20H26N4O. The summed E-state index contributed by atoms with van der Waals surface area (Å²) in [5, 5.41) is 3.45. The van der Waals surface area contributed by atoms with Crippen molar-refractivity contribution < 1.29 is 4.79 Å². The van der Waals surface area contributed by atoms with E-state index < -0.39 is 0 Å². The Labute approximate surface area is 149 Å². The van der Waals surface area contributed by atoms with Crippen molar-refractivity contribution in [1.82, 2.24) is 14.5 Å². The fraction of sp³-hybridized carbons (Fsp3) is 0.500. The Bertz CT molecular complexity index is 767. The van der Waals surface area contributed by atoms with E-state index in [9.17, 15) is 4.79 Å². The smallest absolute Gasteiger partial charge is 0.255 e. The number of likely N-dealkylation sites (tertiary alicyclic amines) is 1. The lowest BCUT2D eigenvalue weighted by atomic mass is 9.95. The van der Waals surface area contributed by atoms with E-state index in [1.54, 1.807) is 0 Å². The van der Waals surface area contributed by atoms with Gasteiger partial charge in [-0.2, -0.15) is 0 Å². The summed E-state index contributed by atoms with van der Waals surface area (Å²) in [6.07, 6.45) is 8.34. The molecule has 5 heteroatoms. The lowest BCUT2D eigenvalue weighted by Crippen LogP contribution is -2.41. The molecule has 1 fully saturated rings. The highest BCUT2D eigenvalue weighted by Gasteiger charge is 2.27. The highest BCUT2D eigenvalue weighted by Crippen LogP contribution is 2.28. The van der Waals surface area contributed by atoms with E-state index in [4.69, 9.17) is 0 Å². The maximum absolute atomic E-state index is 13.2. The number of para-hydroxylation sites is 1. The van der Waals surface area contributed by atoms with Crippen LogP contribution in [0.4, 0.5) is 5.69 Å². The van der Waals surface area contributed by atoms with Gasteiger partial charge in [0, 0.05) is 38.6 Å². The van der Waals surface area contributed by atoms with Crippen molar-refractivity contribution in [2.24, 2.45) is 5.92 Å². The third-order valence-electron chi connectivity index (χ3n) is 5.49. The Balaban J connectivity index is 1.50.